The van der Waals surface area contributed by atoms with Crippen molar-refractivity contribution in [2.45, 2.75) is 32.2 Å². The van der Waals surface area contributed by atoms with Gasteiger partial charge in [-0.25, -0.2) is 9.48 Å². The normalized spacial score (nSPS) is 15.8. The highest BCUT2D eigenvalue weighted by molar-refractivity contribution is 5.89. The molecule has 2 aromatic heterocycles. The Morgan fingerprint density at radius 3 is 2.84 bits per heavy atom. The fraction of sp³-hybridized carbons (Fsp3) is 0.375. The number of aromatic nitrogens is 3. The van der Waals surface area contributed by atoms with Gasteiger partial charge < -0.3 is 10.1 Å². The van der Waals surface area contributed by atoms with Crippen LogP contribution in [0.15, 0.2) is 48.7 Å². The fourth-order valence-corrected chi connectivity index (χ4v) is 4.21. The molecule has 2 N–H and O–H groups in total. The number of nitrogens with zero attached hydrogens (tertiary/aromatic N) is 4. The van der Waals surface area contributed by atoms with Crippen LogP contribution in [-0.2, 0) is 19.4 Å². The van der Waals surface area contributed by atoms with Crippen LogP contribution in [0.2, 0.25) is 0 Å². The third kappa shape index (κ3) is 4.75. The van der Waals surface area contributed by atoms with E-state index in [1.165, 1.54) is 11.3 Å². The van der Waals surface area contributed by atoms with Crippen LogP contribution in [0.3, 0.4) is 0 Å². The van der Waals surface area contributed by atoms with E-state index < -0.39 is 0 Å². The van der Waals surface area contributed by atoms with Crippen molar-refractivity contribution >= 4 is 11.8 Å². The van der Waals surface area contributed by atoms with Crippen molar-refractivity contribution in [1.82, 2.24) is 25.0 Å². The number of nitrogens with one attached hydrogen (secondary N) is 2. The molecule has 32 heavy (non-hydrogen) atoms. The van der Waals surface area contributed by atoms with Crippen LogP contribution >= 0.6 is 0 Å². The van der Waals surface area contributed by atoms with Crippen LogP contribution in [0.1, 0.15) is 29.7 Å². The lowest BCUT2D eigenvalue weighted by Gasteiger charge is -2.25. The molecule has 0 atom stereocenters. The van der Waals surface area contributed by atoms with E-state index in [-0.39, 0.29) is 6.03 Å². The van der Waals surface area contributed by atoms with Gasteiger partial charge in [0, 0.05) is 43.9 Å². The summed E-state index contributed by atoms with van der Waals surface area (Å²) in [5.41, 5.74) is 4.66. The molecular formula is C24H28N6O2. The summed E-state index contributed by atoms with van der Waals surface area (Å²) in [7, 11) is 0. The second kappa shape index (κ2) is 9.40. The predicted molar refractivity (Wildman–Crippen MR) is 122 cm³/mol. The number of amides is 2. The van der Waals surface area contributed by atoms with Crippen molar-refractivity contribution < 1.29 is 9.53 Å². The molecule has 0 spiro atoms. The molecule has 0 unspecified atom stereocenters. The highest BCUT2D eigenvalue weighted by Crippen LogP contribution is 2.21. The van der Waals surface area contributed by atoms with Crippen molar-refractivity contribution in [2.75, 3.05) is 31.6 Å². The molecule has 5 rings (SSSR count). The maximum Gasteiger partial charge on any atom is 0.320 e. The maximum atomic E-state index is 11.6. The van der Waals surface area contributed by atoms with Crippen LogP contribution in [0.4, 0.5) is 10.6 Å². The number of hydrogen-bond acceptors (Lipinski definition) is 5. The van der Waals surface area contributed by atoms with Crippen LogP contribution in [0.25, 0.3) is 5.69 Å². The molecule has 0 saturated heterocycles. The van der Waals surface area contributed by atoms with Crippen LogP contribution in [0.5, 0.6) is 5.88 Å². The van der Waals surface area contributed by atoms with Crippen molar-refractivity contribution in [2.24, 2.45) is 0 Å². The molecule has 2 aliphatic heterocycles. The molecule has 8 nitrogen and oxygen atoms in total. The highest BCUT2D eigenvalue weighted by Gasteiger charge is 2.19. The quantitative estimate of drug-likeness (QED) is 0.561. The first-order valence-electron chi connectivity index (χ1n) is 11.3. The van der Waals surface area contributed by atoms with E-state index in [9.17, 15) is 4.79 Å². The van der Waals surface area contributed by atoms with E-state index in [0.717, 1.165) is 56.6 Å². The smallest absolute Gasteiger partial charge is 0.320 e. The van der Waals surface area contributed by atoms with Gasteiger partial charge in [0.25, 0.3) is 0 Å². The molecule has 1 aromatic carbocycles. The second-order valence-electron chi connectivity index (χ2n) is 8.25. The lowest BCUT2D eigenvalue weighted by Crippen LogP contribution is -2.31. The number of pyridine rings is 1. The molecule has 8 heteroatoms. The maximum absolute atomic E-state index is 11.6. The molecular weight excluding hydrogens is 404 g/mol. The average Bonchev–Trinajstić information content (AvgIpc) is 3.15. The van der Waals surface area contributed by atoms with Crippen molar-refractivity contribution in [1.29, 1.82) is 0 Å². The largest absolute Gasteiger partial charge is 0.478 e. The SMILES string of the molecule is O=C1NCCc2ccc(OCCCCN3CCc4nn(-c5ccccc5)cc4C3)nc2N1. The molecule has 2 amide bonds. The first-order valence-corrected chi connectivity index (χ1v) is 11.3. The number of urea groups is 1. The van der Waals surface area contributed by atoms with Gasteiger partial charge >= 0.3 is 6.03 Å². The van der Waals surface area contributed by atoms with E-state index in [4.69, 9.17) is 9.84 Å². The number of para-hydroxylation sites is 1. The molecule has 4 heterocycles. The predicted octanol–water partition coefficient (Wildman–Crippen LogP) is 3.16. The molecule has 0 radical (unpaired) electrons. The van der Waals surface area contributed by atoms with Gasteiger partial charge in [0.05, 0.1) is 18.0 Å². The van der Waals surface area contributed by atoms with Crippen molar-refractivity contribution in [3.8, 4) is 11.6 Å². The van der Waals surface area contributed by atoms with Gasteiger partial charge in [0.1, 0.15) is 5.82 Å². The first-order chi connectivity index (χ1) is 15.7. The van der Waals surface area contributed by atoms with Crippen LogP contribution in [-0.4, -0.2) is 51.9 Å². The second-order valence-corrected chi connectivity index (χ2v) is 8.25. The summed E-state index contributed by atoms with van der Waals surface area (Å²) in [5.74, 6) is 1.15. The molecule has 2 aliphatic rings. The summed E-state index contributed by atoms with van der Waals surface area (Å²) in [6.45, 7) is 4.26. The van der Waals surface area contributed by atoms with Gasteiger partial charge in [-0.1, -0.05) is 18.2 Å². The zero-order valence-electron chi connectivity index (χ0n) is 18.1. The number of rotatable bonds is 7. The molecule has 3 aromatic rings. The highest BCUT2D eigenvalue weighted by atomic mass is 16.5. The minimum Gasteiger partial charge on any atom is -0.478 e. The van der Waals surface area contributed by atoms with E-state index in [1.807, 2.05) is 35.0 Å². The van der Waals surface area contributed by atoms with Crippen LogP contribution < -0.4 is 15.4 Å². The average molecular weight is 433 g/mol. The number of benzene rings is 1. The van der Waals surface area contributed by atoms with Gasteiger partial charge in [0.2, 0.25) is 5.88 Å². The summed E-state index contributed by atoms with van der Waals surface area (Å²) < 4.78 is 7.83. The van der Waals surface area contributed by atoms with Crippen molar-refractivity contribution in [3.05, 3.63) is 65.5 Å². The lowest BCUT2D eigenvalue weighted by atomic mass is 10.1. The summed E-state index contributed by atoms with van der Waals surface area (Å²) in [4.78, 5) is 18.6. The number of ether oxygens (including phenoxy) is 1. The first kappa shape index (κ1) is 20.5. The van der Waals surface area contributed by atoms with E-state index in [1.54, 1.807) is 0 Å². The summed E-state index contributed by atoms with van der Waals surface area (Å²) in [5, 5.41) is 10.3. The monoisotopic (exact) mass is 432 g/mol. The van der Waals surface area contributed by atoms with Gasteiger partial charge in [-0.05, 0) is 49.6 Å². The van der Waals surface area contributed by atoms with E-state index >= 15 is 0 Å². The van der Waals surface area contributed by atoms with Gasteiger partial charge in [-0.3, -0.25) is 10.2 Å². The number of carbonyl (C=O) groups excluding carboxylic acids is 1. The topological polar surface area (TPSA) is 84.3 Å². The molecule has 0 fully saturated rings. The Hall–Kier alpha value is -3.39. The lowest BCUT2D eigenvalue weighted by molar-refractivity contribution is 0.232. The van der Waals surface area contributed by atoms with E-state index in [0.29, 0.717) is 24.8 Å². The number of carbonyl (C=O) groups is 1. The standard InChI is InChI=1S/C24H28N6O2/c31-24-25-12-10-18-8-9-22(26-23(18)27-24)32-15-5-4-13-29-14-11-21-19(16-29)17-30(28-21)20-6-2-1-3-7-20/h1-3,6-9,17H,4-5,10-16H2,(H2,25,26,27,31). The van der Waals surface area contributed by atoms with E-state index in [2.05, 4.69) is 38.8 Å². The fourth-order valence-electron chi connectivity index (χ4n) is 4.21. The minimum absolute atomic E-state index is 0.215. The third-order valence-corrected chi connectivity index (χ3v) is 5.94. The zero-order valence-corrected chi connectivity index (χ0v) is 18.1. The molecule has 0 saturated carbocycles. The molecule has 166 valence electrons. The summed E-state index contributed by atoms with van der Waals surface area (Å²) >= 11 is 0. The van der Waals surface area contributed by atoms with Crippen molar-refractivity contribution in [3.63, 3.8) is 0 Å². The number of fused-ring (bicyclic) bond motifs is 2. The molecule has 0 aliphatic carbocycles. The molecule has 0 bridgehead atoms. The number of unbranched alkanes of at least 4 members (excludes halogenated alkanes) is 1. The Morgan fingerprint density at radius 1 is 1.03 bits per heavy atom. The number of anilines is 1. The zero-order chi connectivity index (χ0) is 21.8. The summed E-state index contributed by atoms with van der Waals surface area (Å²) in [6.07, 6.45) is 5.94. The van der Waals surface area contributed by atoms with Gasteiger partial charge in [-0.15, -0.1) is 0 Å². The van der Waals surface area contributed by atoms with Crippen LogP contribution in [0, 0.1) is 0 Å². The minimum atomic E-state index is -0.215. The Morgan fingerprint density at radius 2 is 1.94 bits per heavy atom. The summed E-state index contributed by atoms with van der Waals surface area (Å²) in [6, 6.07) is 13.9. The number of hydrogen-bond donors (Lipinski definition) is 2. The van der Waals surface area contributed by atoms with Gasteiger partial charge in [-0.2, -0.15) is 10.1 Å². The Kier molecular flexibility index (Phi) is 6.02. The Bertz CT molecular complexity index is 1080. The Balaban J connectivity index is 1.07. The van der Waals surface area contributed by atoms with Gasteiger partial charge in [0.15, 0.2) is 0 Å². The Labute approximate surface area is 187 Å². The third-order valence-electron chi connectivity index (χ3n) is 5.94.